The molecule has 2 fully saturated rings. The highest BCUT2D eigenvalue weighted by molar-refractivity contribution is 5.77. The standard InChI is InChI=1S/C15H27N3O4/c1-14(2,3)22-13(20)18-15(6-7-16-9-15)10-21-8-12(19)17-11-4-5-11/h11,16H,4-10H2,1-3H3,(H,17,19)(H,18,20)/t15-/m1/s1. The Labute approximate surface area is 131 Å². The molecule has 0 aromatic heterocycles. The van der Waals surface area contributed by atoms with Gasteiger partial charge in [-0.05, 0) is 46.6 Å². The third kappa shape index (κ3) is 5.81. The summed E-state index contributed by atoms with van der Waals surface area (Å²) in [5.41, 5.74) is -1.05. The van der Waals surface area contributed by atoms with Crippen molar-refractivity contribution in [2.75, 3.05) is 26.3 Å². The average molecular weight is 313 g/mol. The van der Waals surface area contributed by atoms with Crippen LogP contribution in [0.1, 0.15) is 40.0 Å². The van der Waals surface area contributed by atoms with Gasteiger partial charge in [0.1, 0.15) is 12.2 Å². The van der Waals surface area contributed by atoms with E-state index in [0.29, 0.717) is 12.6 Å². The van der Waals surface area contributed by atoms with E-state index in [9.17, 15) is 9.59 Å². The van der Waals surface area contributed by atoms with Gasteiger partial charge in [0.15, 0.2) is 0 Å². The van der Waals surface area contributed by atoms with Crippen LogP contribution >= 0.6 is 0 Å². The van der Waals surface area contributed by atoms with Crippen LogP contribution in [0, 0.1) is 0 Å². The predicted molar refractivity (Wildman–Crippen MR) is 81.6 cm³/mol. The highest BCUT2D eigenvalue weighted by Gasteiger charge is 2.37. The number of nitrogens with one attached hydrogen (secondary N) is 3. The summed E-state index contributed by atoms with van der Waals surface area (Å²) in [5.74, 6) is -0.0964. The fraction of sp³-hybridized carbons (Fsp3) is 0.867. The van der Waals surface area contributed by atoms with Gasteiger partial charge in [0.25, 0.3) is 0 Å². The third-order valence-electron chi connectivity index (χ3n) is 3.56. The predicted octanol–water partition coefficient (Wildman–Crippen LogP) is 0.538. The zero-order valence-corrected chi connectivity index (χ0v) is 13.7. The van der Waals surface area contributed by atoms with Crippen LogP contribution in [0.3, 0.4) is 0 Å². The lowest BCUT2D eigenvalue weighted by Gasteiger charge is -2.30. The first-order valence-corrected chi connectivity index (χ1v) is 7.87. The van der Waals surface area contributed by atoms with Gasteiger partial charge in [0.05, 0.1) is 12.1 Å². The fourth-order valence-corrected chi connectivity index (χ4v) is 2.37. The molecule has 1 aliphatic heterocycles. The zero-order valence-electron chi connectivity index (χ0n) is 13.7. The first kappa shape index (κ1) is 17.0. The monoisotopic (exact) mass is 313 g/mol. The van der Waals surface area contributed by atoms with Crippen LogP contribution in [-0.4, -0.2) is 55.5 Å². The lowest BCUT2D eigenvalue weighted by Crippen LogP contribution is -2.55. The summed E-state index contributed by atoms with van der Waals surface area (Å²) in [6.07, 6.45) is 2.40. The van der Waals surface area contributed by atoms with Gasteiger partial charge in [-0.2, -0.15) is 0 Å². The fourth-order valence-electron chi connectivity index (χ4n) is 2.37. The van der Waals surface area contributed by atoms with E-state index in [1.165, 1.54) is 0 Å². The molecule has 1 saturated heterocycles. The third-order valence-corrected chi connectivity index (χ3v) is 3.56. The van der Waals surface area contributed by atoms with Crippen molar-refractivity contribution in [3.63, 3.8) is 0 Å². The SMILES string of the molecule is CC(C)(C)OC(=O)N[C@]1(COCC(=O)NC2CC2)CCNC1. The minimum Gasteiger partial charge on any atom is -0.444 e. The van der Waals surface area contributed by atoms with E-state index in [0.717, 1.165) is 25.8 Å². The van der Waals surface area contributed by atoms with E-state index < -0.39 is 17.2 Å². The Balaban J connectivity index is 1.77. The van der Waals surface area contributed by atoms with E-state index in [1.54, 1.807) is 0 Å². The van der Waals surface area contributed by atoms with Crippen molar-refractivity contribution in [1.29, 1.82) is 0 Å². The van der Waals surface area contributed by atoms with E-state index in [1.807, 2.05) is 20.8 Å². The summed E-state index contributed by atoms with van der Waals surface area (Å²) in [7, 11) is 0. The number of ether oxygens (including phenoxy) is 2. The lowest BCUT2D eigenvalue weighted by molar-refractivity contribution is -0.126. The van der Waals surface area contributed by atoms with Gasteiger partial charge in [-0.3, -0.25) is 4.79 Å². The van der Waals surface area contributed by atoms with Crippen molar-refractivity contribution >= 4 is 12.0 Å². The summed E-state index contributed by atoms with van der Waals surface area (Å²) in [5, 5.41) is 8.98. The molecule has 0 spiro atoms. The highest BCUT2D eigenvalue weighted by Crippen LogP contribution is 2.19. The minimum atomic E-state index is -0.539. The molecule has 0 aromatic carbocycles. The number of carbonyl (C=O) groups excluding carboxylic acids is 2. The van der Waals surface area contributed by atoms with Crippen LogP contribution in [0.15, 0.2) is 0 Å². The molecule has 0 unspecified atom stereocenters. The lowest BCUT2D eigenvalue weighted by atomic mass is 10.0. The van der Waals surface area contributed by atoms with E-state index in [4.69, 9.17) is 9.47 Å². The number of hydrogen-bond acceptors (Lipinski definition) is 5. The molecule has 2 rings (SSSR count). The Morgan fingerprint density at radius 3 is 2.59 bits per heavy atom. The Hall–Kier alpha value is -1.34. The van der Waals surface area contributed by atoms with Gasteiger partial charge in [0.2, 0.25) is 5.91 Å². The zero-order chi connectivity index (χ0) is 16.2. The van der Waals surface area contributed by atoms with Crippen LogP contribution < -0.4 is 16.0 Å². The number of hydrogen-bond donors (Lipinski definition) is 3. The maximum Gasteiger partial charge on any atom is 0.408 e. The van der Waals surface area contributed by atoms with Gasteiger partial charge >= 0.3 is 6.09 Å². The molecule has 1 saturated carbocycles. The summed E-state index contributed by atoms with van der Waals surface area (Å²) >= 11 is 0. The van der Waals surface area contributed by atoms with Gasteiger partial charge in [0, 0.05) is 12.6 Å². The molecule has 0 bridgehead atoms. The quantitative estimate of drug-likeness (QED) is 0.666. The Kier molecular flexibility index (Phi) is 5.28. The molecular weight excluding hydrogens is 286 g/mol. The second kappa shape index (κ2) is 6.83. The molecule has 3 N–H and O–H groups in total. The molecule has 0 radical (unpaired) electrons. The maximum absolute atomic E-state index is 12.0. The number of amides is 2. The van der Waals surface area contributed by atoms with Crippen molar-refractivity contribution in [2.45, 2.75) is 57.2 Å². The molecule has 22 heavy (non-hydrogen) atoms. The normalized spacial score (nSPS) is 24.9. The summed E-state index contributed by atoms with van der Waals surface area (Å²) in [6, 6.07) is 0.332. The molecule has 1 aliphatic carbocycles. The molecule has 1 heterocycles. The van der Waals surface area contributed by atoms with Gasteiger partial charge in [-0.1, -0.05) is 0 Å². The van der Waals surface area contributed by atoms with Crippen molar-refractivity contribution in [3.05, 3.63) is 0 Å². The molecular formula is C15H27N3O4. The second-order valence-electron chi connectivity index (χ2n) is 7.17. The molecule has 2 amide bonds. The summed E-state index contributed by atoms with van der Waals surface area (Å²) < 4.78 is 10.8. The molecule has 126 valence electrons. The molecule has 1 atom stereocenters. The summed E-state index contributed by atoms with van der Waals surface area (Å²) in [4.78, 5) is 23.6. The van der Waals surface area contributed by atoms with E-state index in [2.05, 4.69) is 16.0 Å². The molecule has 7 nitrogen and oxygen atoms in total. The van der Waals surface area contributed by atoms with Crippen molar-refractivity contribution in [2.24, 2.45) is 0 Å². The topological polar surface area (TPSA) is 88.7 Å². The highest BCUT2D eigenvalue weighted by atomic mass is 16.6. The number of alkyl carbamates (subject to hydrolysis) is 1. The average Bonchev–Trinajstić information content (AvgIpc) is 3.05. The van der Waals surface area contributed by atoms with E-state index >= 15 is 0 Å². The first-order valence-electron chi connectivity index (χ1n) is 7.87. The van der Waals surface area contributed by atoms with Crippen LogP contribution in [-0.2, 0) is 14.3 Å². The van der Waals surface area contributed by atoms with Crippen LogP contribution in [0.25, 0.3) is 0 Å². The maximum atomic E-state index is 12.0. The Morgan fingerprint density at radius 1 is 1.32 bits per heavy atom. The number of carbonyl (C=O) groups is 2. The smallest absolute Gasteiger partial charge is 0.408 e. The summed E-state index contributed by atoms with van der Waals surface area (Å²) in [6.45, 7) is 7.19. The van der Waals surface area contributed by atoms with Crippen LogP contribution in [0.2, 0.25) is 0 Å². The van der Waals surface area contributed by atoms with Crippen LogP contribution in [0.5, 0.6) is 0 Å². The second-order valence-corrected chi connectivity index (χ2v) is 7.17. The van der Waals surface area contributed by atoms with E-state index in [-0.39, 0.29) is 19.1 Å². The minimum absolute atomic E-state index is 0.0221. The number of rotatable bonds is 6. The van der Waals surface area contributed by atoms with Crippen molar-refractivity contribution in [1.82, 2.24) is 16.0 Å². The van der Waals surface area contributed by atoms with Crippen molar-refractivity contribution in [3.8, 4) is 0 Å². The molecule has 2 aliphatic rings. The largest absolute Gasteiger partial charge is 0.444 e. The van der Waals surface area contributed by atoms with Crippen molar-refractivity contribution < 1.29 is 19.1 Å². The van der Waals surface area contributed by atoms with Crippen LogP contribution in [0.4, 0.5) is 4.79 Å². The molecule has 7 heteroatoms. The van der Waals surface area contributed by atoms with Gasteiger partial charge < -0.3 is 25.4 Å². The first-order chi connectivity index (χ1) is 10.3. The molecule has 0 aromatic rings. The van der Waals surface area contributed by atoms with Gasteiger partial charge in [-0.15, -0.1) is 0 Å². The van der Waals surface area contributed by atoms with Gasteiger partial charge in [-0.25, -0.2) is 4.79 Å². The Bertz CT molecular complexity index is 410. The Morgan fingerprint density at radius 2 is 2.05 bits per heavy atom.